The van der Waals surface area contributed by atoms with Gasteiger partial charge in [0.2, 0.25) is 0 Å². The molecule has 0 atom stereocenters. The molecular weight excluding hydrogens is 204 g/mol. The van der Waals surface area contributed by atoms with E-state index in [-0.39, 0.29) is 5.54 Å². The molecule has 96 valence electrons. The quantitative estimate of drug-likeness (QED) is 0.659. The SMILES string of the molecule is CCOCCN(CC)CC1(N)CCOCC1. The van der Waals surface area contributed by atoms with E-state index in [1.54, 1.807) is 0 Å². The second-order valence-electron chi connectivity index (χ2n) is 4.54. The summed E-state index contributed by atoms with van der Waals surface area (Å²) in [6, 6.07) is 0. The Kier molecular flexibility index (Phi) is 6.28. The van der Waals surface area contributed by atoms with Crippen molar-refractivity contribution in [2.45, 2.75) is 32.2 Å². The molecule has 1 aliphatic heterocycles. The third-order valence-electron chi connectivity index (χ3n) is 3.23. The minimum atomic E-state index is -0.0551. The Morgan fingerprint density at radius 1 is 1.31 bits per heavy atom. The predicted octanol–water partition coefficient (Wildman–Crippen LogP) is 0.853. The van der Waals surface area contributed by atoms with Gasteiger partial charge >= 0.3 is 0 Å². The van der Waals surface area contributed by atoms with Gasteiger partial charge in [0.1, 0.15) is 0 Å². The summed E-state index contributed by atoms with van der Waals surface area (Å²) in [5.74, 6) is 0. The van der Waals surface area contributed by atoms with Crippen molar-refractivity contribution in [1.29, 1.82) is 0 Å². The van der Waals surface area contributed by atoms with Crippen LogP contribution in [-0.2, 0) is 9.47 Å². The molecule has 16 heavy (non-hydrogen) atoms. The number of likely N-dealkylation sites (N-methyl/N-ethyl adjacent to an activating group) is 1. The second kappa shape index (κ2) is 7.22. The highest BCUT2D eigenvalue weighted by atomic mass is 16.5. The van der Waals surface area contributed by atoms with Gasteiger partial charge in [-0.25, -0.2) is 0 Å². The van der Waals surface area contributed by atoms with E-state index >= 15 is 0 Å². The van der Waals surface area contributed by atoms with Crippen LogP contribution in [0.1, 0.15) is 26.7 Å². The van der Waals surface area contributed by atoms with E-state index in [9.17, 15) is 0 Å². The largest absolute Gasteiger partial charge is 0.381 e. The van der Waals surface area contributed by atoms with Gasteiger partial charge in [0.15, 0.2) is 0 Å². The van der Waals surface area contributed by atoms with Crippen LogP contribution in [0, 0.1) is 0 Å². The Morgan fingerprint density at radius 3 is 2.56 bits per heavy atom. The first-order valence-electron chi connectivity index (χ1n) is 6.37. The Bertz CT molecular complexity index is 182. The maximum atomic E-state index is 6.38. The van der Waals surface area contributed by atoms with E-state index in [1.807, 2.05) is 6.92 Å². The molecule has 0 aliphatic carbocycles. The summed E-state index contributed by atoms with van der Waals surface area (Å²) < 4.78 is 10.7. The molecule has 1 rings (SSSR count). The summed E-state index contributed by atoms with van der Waals surface area (Å²) in [5, 5.41) is 0. The van der Waals surface area contributed by atoms with Crippen LogP contribution in [0.4, 0.5) is 0 Å². The maximum absolute atomic E-state index is 6.38. The molecule has 0 saturated carbocycles. The minimum Gasteiger partial charge on any atom is -0.381 e. The topological polar surface area (TPSA) is 47.7 Å². The lowest BCUT2D eigenvalue weighted by atomic mass is 9.91. The Morgan fingerprint density at radius 2 is 2.00 bits per heavy atom. The zero-order valence-electron chi connectivity index (χ0n) is 10.7. The van der Waals surface area contributed by atoms with E-state index in [0.29, 0.717) is 0 Å². The van der Waals surface area contributed by atoms with Gasteiger partial charge in [-0.1, -0.05) is 6.92 Å². The molecule has 1 saturated heterocycles. The molecule has 0 radical (unpaired) electrons. The third-order valence-corrected chi connectivity index (χ3v) is 3.23. The predicted molar refractivity (Wildman–Crippen MR) is 65.6 cm³/mol. The van der Waals surface area contributed by atoms with Gasteiger partial charge in [-0.3, -0.25) is 4.90 Å². The minimum absolute atomic E-state index is 0.0551. The summed E-state index contributed by atoms with van der Waals surface area (Å²) in [6.07, 6.45) is 1.94. The van der Waals surface area contributed by atoms with Crippen LogP contribution in [-0.4, -0.2) is 56.5 Å². The fourth-order valence-corrected chi connectivity index (χ4v) is 2.07. The van der Waals surface area contributed by atoms with E-state index in [0.717, 1.165) is 58.9 Å². The fourth-order valence-electron chi connectivity index (χ4n) is 2.07. The van der Waals surface area contributed by atoms with Crippen LogP contribution < -0.4 is 5.73 Å². The average molecular weight is 230 g/mol. The van der Waals surface area contributed by atoms with E-state index in [2.05, 4.69) is 11.8 Å². The number of hydrogen-bond donors (Lipinski definition) is 1. The van der Waals surface area contributed by atoms with Gasteiger partial charge in [-0.05, 0) is 26.3 Å². The first-order valence-corrected chi connectivity index (χ1v) is 6.37. The molecular formula is C12H26N2O2. The smallest absolute Gasteiger partial charge is 0.0593 e. The van der Waals surface area contributed by atoms with Crippen LogP contribution in [0.5, 0.6) is 0 Å². The molecule has 0 aromatic carbocycles. The van der Waals surface area contributed by atoms with Crippen molar-refractivity contribution >= 4 is 0 Å². The van der Waals surface area contributed by atoms with E-state index in [1.165, 1.54) is 0 Å². The Hall–Kier alpha value is -0.160. The first kappa shape index (κ1) is 13.9. The molecule has 1 fully saturated rings. The lowest BCUT2D eigenvalue weighted by Crippen LogP contribution is -2.54. The summed E-state index contributed by atoms with van der Waals surface area (Å²) in [7, 11) is 0. The molecule has 2 N–H and O–H groups in total. The van der Waals surface area contributed by atoms with Crippen LogP contribution in [0.3, 0.4) is 0 Å². The van der Waals surface area contributed by atoms with E-state index in [4.69, 9.17) is 15.2 Å². The molecule has 0 unspecified atom stereocenters. The lowest BCUT2D eigenvalue weighted by Gasteiger charge is -2.37. The average Bonchev–Trinajstić information content (AvgIpc) is 2.29. The van der Waals surface area contributed by atoms with Gasteiger partial charge in [-0.15, -0.1) is 0 Å². The fraction of sp³-hybridized carbons (Fsp3) is 1.00. The molecule has 4 nitrogen and oxygen atoms in total. The monoisotopic (exact) mass is 230 g/mol. The summed E-state index contributed by atoms with van der Waals surface area (Å²) in [5.41, 5.74) is 6.32. The number of ether oxygens (including phenoxy) is 2. The highest BCUT2D eigenvalue weighted by molar-refractivity contribution is 4.89. The molecule has 4 heteroatoms. The van der Waals surface area contributed by atoms with Crippen LogP contribution >= 0.6 is 0 Å². The van der Waals surface area contributed by atoms with Crippen molar-refractivity contribution < 1.29 is 9.47 Å². The lowest BCUT2D eigenvalue weighted by molar-refractivity contribution is 0.0326. The van der Waals surface area contributed by atoms with Crippen molar-refractivity contribution in [2.24, 2.45) is 5.73 Å². The second-order valence-corrected chi connectivity index (χ2v) is 4.54. The van der Waals surface area contributed by atoms with Gasteiger partial charge in [-0.2, -0.15) is 0 Å². The highest BCUT2D eigenvalue weighted by Crippen LogP contribution is 2.18. The van der Waals surface area contributed by atoms with Gasteiger partial charge in [0.05, 0.1) is 6.61 Å². The first-order chi connectivity index (χ1) is 7.70. The number of hydrogen-bond acceptors (Lipinski definition) is 4. The van der Waals surface area contributed by atoms with Crippen molar-refractivity contribution in [3.05, 3.63) is 0 Å². The Balaban J connectivity index is 2.29. The highest BCUT2D eigenvalue weighted by Gasteiger charge is 2.29. The van der Waals surface area contributed by atoms with E-state index < -0.39 is 0 Å². The molecule has 1 heterocycles. The number of rotatable bonds is 7. The van der Waals surface area contributed by atoms with Crippen molar-refractivity contribution in [1.82, 2.24) is 4.90 Å². The standard InChI is InChI=1S/C12H26N2O2/c1-3-14(7-10-15-4-2)11-12(13)5-8-16-9-6-12/h3-11,13H2,1-2H3. The molecule has 0 amide bonds. The summed E-state index contributed by atoms with van der Waals surface area (Å²) in [4.78, 5) is 2.38. The summed E-state index contributed by atoms with van der Waals surface area (Å²) >= 11 is 0. The summed E-state index contributed by atoms with van der Waals surface area (Å²) in [6.45, 7) is 10.4. The molecule has 0 bridgehead atoms. The van der Waals surface area contributed by atoms with Gasteiger partial charge in [0.25, 0.3) is 0 Å². The van der Waals surface area contributed by atoms with Gasteiger partial charge in [0, 0.05) is 38.4 Å². The molecule has 1 aliphatic rings. The Labute approximate surface area is 99.1 Å². The maximum Gasteiger partial charge on any atom is 0.0593 e. The zero-order chi connectivity index (χ0) is 11.9. The molecule has 0 aromatic heterocycles. The zero-order valence-corrected chi connectivity index (χ0v) is 10.7. The molecule has 0 aromatic rings. The van der Waals surface area contributed by atoms with Crippen molar-refractivity contribution in [3.8, 4) is 0 Å². The third kappa shape index (κ3) is 4.78. The van der Waals surface area contributed by atoms with Crippen molar-refractivity contribution in [3.63, 3.8) is 0 Å². The van der Waals surface area contributed by atoms with Crippen LogP contribution in [0.2, 0.25) is 0 Å². The normalized spacial score (nSPS) is 20.2. The van der Waals surface area contributed by atoms with Crippen molar-refractivity contribution in [2.75, 3.05) is 46.1 Å². The van der Waals surface area contributed by atoms with Gasteiger partial charge < -0.3 is 15.2 Å². The number of nitrogens with zero attached hydrogens (tertiary/aromatic N) is 1. The number of nitrogens with two attached hydrogens (primary N) is 1. The molecule has 0 spiro atoms. The van der Waals surface area contributed by atoms with Crippen LogP contribution in [0.15, 0.2) is 0 Å². The van der Waals surface area contributed by atoms with Crippen LogP contribution in [0.25, 0.3) is 0 Å².